The standard InChI is InChI=1S/C76H47N9/c1-6-22-48(23-7-1)67-77-68(49-24-8-2-9-25-49)80-72(79-67)55-34-20-32-53(44-55)54-33-21-35-56(45-54)73-81-71(52-30-14-5-15-31-52)84-75(85-73)58-41-43-66-62(47-58)61-46-57(40-42-65(61)76(66)63-38-18-16-36-59(63)60-37-17-19-39-64(60)76)74-82-69(50-26-10-3-11-27-50)78-70(83-74)51-28-12-4-13-29-51/h1-47H. The van der Waals surface area contributed by atoms with Crippen LogP contribution in [0.5, 0.6) is 0 Å². The minimum Gasteiger partial charge on any atom is -0.208 e. The van der Waals surface area contributed by atoms with Gasteiger partial charge in [-0.15, -0.1) is 0 Å². The van der Waals surface area contributed by atoms with Crippen LogP contribution in [0.3, 0.4) is 0 Å². The highest BCUT2D eigenvalue weighted by Gasteiger charge is 2.51. The zero-order valence-electron chi connectivity index (χ0n) is 45.7. The number of nitrogens with zero attached hydrogens (tertiary/aromatic N) is 9. The first-order valence-electron chi connectivity index (χ1n) is 28.4. The molecule has 0 unspecified atom stereocenters. The normalized spacial score (nSPS) is 12.3. The van der Waals surface area contributed by atoms with Crippen molar-refractivity contribution < 1.29 is 0 Å². The van der Waals surface area contributed by atoms with Crippen LogP contribution in [-0.4, -0.2) is 44.9 Å². The van der Waals surface area contributed by atoms with Crippen LogP contribution in [0.15, 0.2) is 285 Å². The van der Waals surface area contributed by atoms with E-state index in [0.717, 1.165) is 72.3 Å². The van der Waals surface area contributed by atoms with E-state index in [0.29, 0.717) is 52.4 Å². The minimum absolute atomic E-state index is 0.552. The molecule has 1 spiro atoms. The second-order valence-corrected chi connectivity index (χ2v) is 21.3. The first-order valence-corrected chi connectivity index (χ1v) is 28.4. The van der Waals surface area contributed by atoms with Crippen LogP contribution >= 0.6 is 0 Å². The lowest BCUT2D eigenvalue weighted by molar-refractivity contribution is 0.794. The molecule has 9 heteroatoms. The maximum absolute atomic E-state index is 5.38. The Morgan fingerprint density at radius 3 is 0.682 bits per heavy atom. The van der Waals surface area contributed by atoms with Gasteiger partial charge in [-0.3, -0.25) is 0 Å². The highest BCUT2D eigenvalue weighted by molar-refractivity contribution is 5.97. The topological polar surface area (TPSA) is 116 Å². The second-order valence-electron chi connectivity index (χ2n) is 21.3. The summed E-state index contributed by atoms with van der Waals surface area (Å²) in [5.74, 6) is 5.29. The van der Waals surface area contributed by atoms with Crippen LogP contribution in [0.4, 0.5) is 0 Å². The van der Waals surface area contributed by atoms with Gasteiger partial charge < -0.3 is 0 Å². The summed E-state index contributed by atoms with van der Waals surface area (Å²) in [7, 11) is 0. The van der Waals surface area contributed by atoms with Crippen LogP contribution in [-0.2, 0) is 5.41 Å². The lowest BCUT2D eigenvalue weighted by Gasteiger charge is -2.30. The molecule has 0 saturated carbocycles. The highest BCUT2D eigenvalue weighted by atomic mass is 15.1. The first-order chi connectivity index (χ1) is 42.1. The van der Waals surface area contributed by atoms with Crippen molar-refractivity contribution >= 4 is 0 Å². The molecule has 0 saturated heterocycles. The van der Waals surface area contributed by atoms with E-state index >= 15 is 0 Å². The van der Waals surface area contributed by atoms with Crippen molar-refractivity contribution in [1.29, 1.82) is 0 Å². The van der Waals surface area contributed by atoms with Gasteiger partial charge in [-0.2, -0.15) is 0 Å². The van der Waals surface area contributed by atoms with Gasteiger partial charge in [0.1, 0.15) is 0 Å². The molecule has 396 valence electrons. The molecule has 9 nitrogen and oxygen atoms in total. The summed E-state index contributed by atoms with van der Waals surface area (Å²) in [6.07, 6.45) is 0. The summed E-state index contributed by atoms with van der Waals surface area (Å²) in [5, 5.41) is 0. The third-order valence-electron chi connectivity index (χ3n) is 16.2. The third-order valence-corrected chi connectivity index (χ3v) is 16.2. The summed E-state index contributed by atoms with van der Waals surface area (Å²) < 4.78 is 0. The van der Waals surface area contributed by atoms with Crippen molar-refractivity contribution in [2.45, 2.75) is 5.41 Å². The summed E-state index contributed by atoms with van der Waals surface area (Å²) in [5.41, 5.74) is 18.9. The van der Waals surface area contributed by atoms with Gasteiger partial charge in [0, 0.05) is 50.1 Å². The van der Waals surface area contributed by atoms with E-state index in [-0.39, 0.29) is 0 Å². The SMILES string of the molecule is c1ccc(-c2nc(-c3ccccc3)nc(-c3cccc(-c4cccc(-c5nc(-c6ccccc6)nc(-c6ccc7c(c6)-c6cc(-c8nc(-c9ccccc9)nc(-c9ccccc9)n8)ccc6C76c7ccccc7-c7ccccc76)n5)c4)c3)n2)cc1. The maximum atomic E-state index is 5.38. The molecule has 0 radical (unpaired) electrons. The van der Waals surface area contributed by atoms with Gasteiger partial charge in [0.05, 0.1) is 5.41 Å². The van der Waals surface area contributed by atoms with Gasteiger partial charge in [0.2, 0.25) is 0 Å². The number of benzene rings is 11. The van der Waals surface area contributed by atoms with Gasteiger partial charge in [0.25, 0.3) is 0 Å². The predicted molar refractivity (Wildman–Crippen MR) is 337 cm³/mol. The number of fused-ring (bicyclic) bond motifs is 10. The van der Waals surface area contributed by atoms with E-state index in [2.05, 4.69) is 133 Å². The Labute approximate surface area is 491 Å². The quantitative estimate of drug-likeness (QED) is 0.132. The molecule has 0 atom stereocenters. The number of rotatable bonds is 10. The van der Waals surface area contributed by atoms with E-state index < -0.39 is 5.41 Å². The average molecular weight is 1090 g/mol. The monoisotopic (exact) mass is 1090 g/mol. The fourth-order valence-electron chi connectivity index (χ4n) is 12.3. The number of aromatic nitrogens is 9. The maximum Gasteiger partial charge on any atom is 0.164 e. The third kappa shape index (κ3) is 8.60. The summed E-state index contributed by atoms with van der Waals surface area (Å²) in [6, 6.07) is 98.4. The van der Waals surface area contributed by atoms with E-state index in [1.807, 2.05) is 152 Å². The van der Waals surface area contributed by atoms with Gasteiger partial charge >= 0.3 is 0 Å². The Hall–Kier alpha value is -11.6. The molecular weight excluding hydrogens is 1040 g/mol. The molecule has 0 amide bonds. The fraction of sp³-hybridized carbons (Fsp3) is 0.0132. The van der Waals surface area contributed by atoms with Crippen molar-refractivity contribution in [1.82, 2.24) is 44.9 Å². The van der Waals surface area contributed by atoms with Crippen LogP contribution in [0.1, 0.15) is 22.3 Å². The Morgan fingerprint density at radius 2 is 0.376 bits per heavy atom. The Morgan fingerprint density at radius 1 is 0.153 bits per heavy atom. The van der Waals surface area contributed by atoms with Crippen molar-refractivity contribution in [2.24, 2.45) is 0 Å². The smallest absolute Gasteiger partial charge is 0.164 e. The fourth-order valence-corrected chi connectivity index (χ4v) is 12.3. The zero-order valence-corrected chi connectivity index (χ0v) is 45.7. The van der Waals surface area contributed by atoms with Crippen LogP contribution < -0.4 is 0 Å². The summed E-state index contributed by atoms with van der Waals surface area (Å²) in [4.78, 5) is 46.3. The molecule has 2 aliphatic rings. The first kappa shape index (κ1) is 49.3. The van der Waals surface area contributed by atoms with Crippen molar-refractivity contribution in [3.8, 4) is 136 Å². The minimum atomic E-state index is -0.604. The molecular formula is C76H47N9. The molecule has 11 aromatic carbocycles. The average Bonchev–Trinajstić information content (AvgIpc) is 1.63. The molecule has 16 rings (SSSR count). The Kier molecular flexibility index (Phi) is 11.9. The van der Waals surface area contributed by atoms with E-state index in [1.54, 1.807) is 0 Å². The molecule has 0 bridgehead atoms. The van der Waals surface area contributed by atoms with E-state index in [9.17, 15) is 0 Å². The molecule has 3 heterocycles. The number of hydrogen-bond acceptors (Lipinski definition) is 9. The number of hydrogen-bond donors (Lipinski definition) is 0. The van der Waals surface area contributed by atoms with Gasteiger partial charge in [-0.25, -0.2) is 44.9 Å². The Bertz CT molecular complexity index is 4720. The molecule has 0 aliphatic heterocycles. The van der Waals surface area contributed by atoms with Crippen LogP contribution in [0.25, 0.3) is 136 Å². The van der Waals surface area contributed by atoms with Crippen LogP contribution in [0, 0.1) is 0 Å². The predicted octanol–water partition coefficient (Wildman–Crippen LogP) is 17.3. The molecule has 0 N–H and O–H groups in total. The lowest BCUT2D eigenvalue weighted by Crippen LogP contribution is -2.25. The van der Waals surface area contributed by atoms with Gasteiger partial charge in [-0.05, 0) is 79.9 Å². The van der Waals surface area contributed by atoms with Crippen molar-refractivity contribution in [2.75, 3.05) is 0 Å². The molecule has 85 heavy (non-hydrogen) atoms. The lowest BCUT2D eigenvalue weighted by atomic mass is 9.70. The molecule has 2 aliphatic carbocycles. The zero-order chi connectivity index (χ0) is 56.3. The molecule has 3 aromatic heterocycles. The van der Waals surface area contributed by atoms with Crippen molar-refractivity contribution in [3.05, 3.63) is 307 Å². The second kappa shape index (κ2) is 20.5. The van der Waals surface area contributed by atoms with Gasteiger partial charge in [0.15, 0.2) is 52.4 Å². The van der Waals surface area contributed by atoms with Crippen LogP contribution in [0.2, 0.25) is 0 Å². The molecule has 14 aromatic rings. The largest absolute Gasteiger partial charge is 0.208 e. The van der Waals surface area contributed by atoms with E-state index in [4.69, 9.17) is 44.9 Å². The van der Waals surface area contributed by atoms with Gasteiger partial charge in [-0.1, -0.05) is 261 Å². The van der Waals surface area contributed by atoms with Crippen molar-refractivity contribution in [3.63, 3.8) is 0 Å². The Balaban J connectivity index is 0.841. The summed E-state index contributed by atoms with van der Waals surface area (Å²) in [6.45, 7) is 0. The highest BCUT2D eigenvalue weighted by Crippen LogP contribution is 2.63. The van der Waals surface area contributed by atoms with E-state index in [1.165, 1.54) is 33.4 Å². The summed E-state index contributed by atoms with van der Waals surface area (Å²) >= 11 is 0. The molecule has 0 fully saturated rings.